The molecule has 3 aromatic carbocycles. The number of ether oxygens (including phenoxy) is 2. The standard InChI is InChI=1S/C23H19NO2/c1-25-21-14-13-18-10-7-15-24-23(18)22(21)19-11-5-6-12-20(19)26-16-17-8-3-2-4-9-17/h2-15H,16H2,1H3. The first-order valence-corrected chi connectivity index (χ1v) is 8.54. The van der Waals surface area contributed by atoms with E-state index in [-0.39, 0.29) is 0 Å². The number of pyridine rings is 1. The Hall–Kier alpha value is -3.33. The summed E-state index contributed by atoms with van der Waals surface area (Å²) in [5.74, 6) is 1.60. The van der Waals surface area contributed by atoms with E-state index >= 15 is 0 Å². The van der Waals surface area contributed by atoms with Crippen molar-refractivity contribution in [3.8, 4) is 22.6 Å². The van der Waals surface area contributed by atoms with Gasteiger partial charge < -0.3 is 9.47 Å². The summed E-state index contributed by atoms with van der Waals surface area (Å²) < 4.78 is 11.8. The van der Waals surface area contributed by atoms with Gasteiger partial charge in [-0.25, -0.2) is 0 Å². The van der Waals surface area contributed by atoms with E-state index in [0.29, 0.717) is 6.61 Å². The zero-order chi connectivity index (χ0) is 17.8. The normalized spacial score (nSPS) is 10.7. The van der Waals surface area contributed by atoms with Crippen molar-refractivity contribution in [2.75, 3.05) is 7.11 Å². The highest BCUT2D eigenvalue weighted by Crippen LogP contribution is 2.40. The fraction of sp³-hybridized carbons (Fsp3) is 0.0870. The average Bonchev–Trinajstić information content (AvgIpc) is 2.72. The van der Waals surface area contributed by atoms with Crippen LogP contribution in [-0.2, 0) is 6.61 Å². The van der Waals surface area contributed by atoms with Crippen LogP contribution in [0, 0.1) is 0 Å². The number of aromatic nitrogens is 1. The minimum atomic E-state index is 0.512. The largest absolute Gasteiger partial charge is 0.496 e. The van der Waals surface area contributed by atoms with Crippen LogP contribution in [0.15, 0.2) is 85.1 Å². The van der Waals surface area contributed by atoms with Crippen molar-refractivity contribution in [1.29, 1.82) is 0 Å². The fourth-order valence-corrected chi connectivity index (χ4v) is 3.09. The molecule has 0 aliphatic carbocycles. The number of hydrogen-bond donors (Lipinski definition) is 0. The third-order valence-electron chi connectivity index (χ3n) is 4.35. The summed E-state index contributed by atoms with van der Waals surface area (Å²) >= 11 is 0. The second-order valence-electron chi connectivity index (χ2n) is 5.99. The quantitative estimate of drug-likeness (QED) is 0.481. The van der Waals surface area contributed by atoms with Gasteiger partial charge in [-0.1, -0.05) is 54.6 Å². The Labute approximate surface area is 152 Å². The van der Waals surface area contributed by atoms with E-state index in [1.54, 1.807) is 13.3 Å². The summed E-state index contributed by atoms with van der Waals surface area (Å²) in [6.07, 6.45) is 1.80. The topological polar surface area (TPSA) is 31.4 Å². The minimum absolute atomic E-state index is 0.512. The smallest absolute Gasteiger partial charge is 0.129 e. The van der Waals surface area contributed by atoms with Crippen molar-refractivity contribution in [2.24, 2.45) is 0 Å². The van der Waals surface area contributed by atoms with Gasteiger partial charge in [0.15, 0.2) is 0 Å². The predicted octanol–water partition coefficient (Wildman–Crippen LogP) is 5.49. The van der Waals surface area contributed by atoms with Crippen LogP contribution in [-0.4, -0.2) is 12.1 Å². The maximum Gasteiger partial charge on any atom is 0.129 e. The fourth-order valence-electron chi connectivity index (χ4n) is 3.09. The van der Waals surface area contributed by atoms with Crippen molar-refractivity contribution < 1.29 is 9.47 Å². The summed E-state index contributed by atoms with van der Waals surface area (Å²) in [5, 5.41) is 1.07. The van der Waals surface area contributed by atoms with Crippen LogP contribution in [0.3, 0.4) is 0 Å². The van der Waals surface area contributed by atoms with Crippen LogP contribution in [0.1, 0.15) is 5.56 Å². The molecule has 0 fully saturated rings. The van der Waals surface area contributed by atoms with E-state index < -0.39 is 0 Å². The summed E-state index contributed by atoms with van der Waals surface area (Å²) in [6.45, 7) is 0.512. The van der Waals surface area contributed by atoms with Crippen LogP contribution in [0.2, 0.25) is 0 Å². The number of hydrogen-bond acceptors (Lipinski definition) is 3. The second kappa shape index (κ2) is 7.28. The number of para-hydroxylation sites is 1. The Morgan fingerprint density at radius 1 is 0.769 bits per heavy atom. The van der Waals surface area contributed by atoms with Crippen molar-refractivity contribution in [2.45, 2.75) is 6.61 Å². The van der Waals surface area contributed by atoms with Gasteiger partial charge in [-0.05, 0) is 29.8 Å². The first kappa shape index (κ1) is 16.2. The molecule has 0 bridgehead atoms. The predicted molar refractivity (Wildman–Crippen MR) is 105 cm³/mol. The van der Waals surface area contributed by atoms with E-state index in [1.165, 1.54) is 0 Å². The number of rotatable bonds is 5. The summed E-state index contributed by atoms with van der Waals surface area (Å²) in [5.41, 5.74) is 3.96. The molecule has 0 atom stereocenters. The van der Waals surface area contributed by atoms with Crippen molar-refractivity contribution in [3.05, 3.63) is 90.6 Å². The maximum atomic E-state index is 6.14. The highest BCUT2D eigenvalue weighted by Gasteiger charge is 2.16. The van der Waals surface area contributed by atoms with Crippen LogP contribution < -0.4 is 9.47 Å². The molecule has 0 unspecified atom stereocenters. The van der Waals surface area contributed by atoms with Crippen LogP contribution in [0.4, 0.5) is 0 Å². The molecule has 0 aliphatic rings. The minimum Gasteiger partial charge on any atom is -0.496 e. The molecule has 1 heterocycles. The van der Waals surface area contributed by atoms with Gasteiger partial charge in [0.05, 0.1) is 18.2 Å². The summed E-state index contributed by atoms with van der Waals surface area (Å²) in [7, 11) is 1.68. The van der Waals surface area contributed by atoms with E-state index in [2.05, 4.69) is 23.2 Å². The molecule has 4 aromatic rings. The monoisotopic (exact) mass is 341 g/mol. The molecular weight excluding hydrogens is 322 g/mol. The number of fused-ring (bicyclic) bond motifs is 1. The number of benzene rings is 3. The molecule has 0 radical (unpaired) electrons. The molecule has 0 aliphatic heterocycles. The molecule has 0 spiro atoms. The summed E-state index contributed by atoms with van der Waals surface area (Å²) in [6, 6.07) is 26.2. The number of nitrogens with zero attached hydrogens (tertiary/aromatic N) is 1. The Kier molecular flexibility index (Phi) is 4.52. The molecule has 3 heteroatoms. The highest BCUT2D eigenvalue weighted by molar-refractivity contribution is 5.98. The van der Waals surface area contributed by atoms with E-state index in [1.807, 2.05) is 60.7 Å². The Morgan fingerprint density at radius 2 is 1.58 bits per heavy atom. The zero-order valence-corrected chi connectivity index (χ0v) is 14.6. The lowest BCUT2D eigenvalue weighted by atomic mass is 10.00. The molecule has 0 N–H and O–H groups in total. The molecule has 0 amide bonds. The van der Waals surface area contributed by atoms with E-state index in [4.69, 9.17) is 9.47 Å². The van der Waals surface area contributed by atoms with E-state index in [0.717, 1.165) is 39.1 Å². The van der Waals surface area contributed by atoms with Gasteiger partial charge in [0.2, 0.25) is 0 Å². The molecule has 128 valence electrons. The van der Waals surface area contributed by atoms with Crippen LogP contribution >= 0.6 is 0 Å². The second-order valence-corrected chi connectivity index (χ2v) is 5.99. The molecular formula is C23H19NO2. The van der Waals surface area contributed by atoms with Gasteiger partial charge >= 0.3 is 0 Å². The molecule has 4 rings (SSSR count). The van der Waals surface area contributed by atoms with Crippen LogP contribution in [0.5, 0.6) is 11.5 Å². The van der Waals surface area contributed by atoms with Crippen molar-refractivity contribution >= 4 is 10.9 Å². The maximum absolute atomic E-state index is 6.14. The molecule has 3 nitrogen and oxygen atoms in total. The van der Waals surface area contributed by atoms with Gasteiger partial charge in [0.1, 0.15) is 18.1 Å². The van der Waals surface area contributed by atoms with Crippen LogP contribution in [0.25, 0.3) is 22.0 Å². The van der Waals surface area contributed by atoms with Gasteiger partial charge in [-0.2, -0.15) is 0 Å². The first-order valence-electron chi connectivity index (χ1n) is 8.54. The average molecular weight is 341 g/mol. The Morgan fingerprint density at radius 3 is 2.42 bits per heavy atom. The Balaban J connectivity index is 1.80. The lowest BCUT2D eigenvalue weighted by Gasteiger charge is -2.16. The highest BCUT2D eigenvalue weighted by atomic mass is 16.5. The van der Waals surface area contributed by atoms with E-state index in [9.17, 15) is 0 Å². The lowest BCUT2D eigenvalue weighted by Crippen LogP contribution is -1.98. The zero-order valence-electron chi connectivity index (χ0n) is 14.6. The van der Waals surface area contributed by atoms with Crippen molar-refractivity contribution in [3.63, 3.8) is 0 Å². The van der Waals surface area contributed by atoms with Crippen molar-refractivity contribution in [1.82, 2.24) is 4.98 Å². The van der Waals surface area contributed by atoms with Gasteiger partial charge in [-0.15, -0.1) is 0 Å². The Bertz CT molecular complexity index is 1030. The molecule has 1 aromatic heterocycles. The van der Waals surface area contributed by atoms with Gasteiger partial charge in [0, 0.05) is 17.1 Å². The third-order valence-corrected chi connectivity index (χ3v) is 4.35. The third kappa shape index (κ3) is 3.11. The lowest BCUT2D eigenvalue weighted by molar-refractivity contribution is 0.307. The SMILES string of the molecule is COc1ccc2cccnc2c1-c1ccccc1OCc1ccccc1. The molecule has 26 heavy (non-hydrogen) atoms. The summed E-state index contributed by atoms with van der Waals surface area (Å²) in [4.78, 5) is 4.59. The van der Waals surface area contributed by atoms with Gasteiger partial charge in [0.25, 0.3) is 0 Å². The first-order chi connectivity index (χ1) is 12.9. The number of methoxy groups -OCH3 is 1. The molecule has 0 saturated carbocycles. The molecule has 0 saturated heterocycles. The van der Waals surface area contributed by atoms with Gasteiger partial charge in [-0.3, -0.25) is 4.98 Å².